The molecule has 2 unspecified atom stereocenters. The number of ether oxygens (including phenoxy) is 3. The van der Waals surface area contributed by atoms with Crippen LogP contribution in [0.25, 0.3) is 0 Å². The zero-order chi connectivity index (χ0) is 16.9. The third-order valence-corrected chi connectivity index (χ3v) is 3.65. The Morgan fingerprint density at radius 3 is 1.78 bits per heavy atom. The standard InChI is InChI=1S/C17H28O5.CH4/c1-10(2)13(9-18)16(19)12-7-14(20-5)17(22-11(3)4)15(8-12)21-6;/h7-8,10-11,13,16,18-19H,9H2,1-6H3;1H4. The van der Waals surface area contributed by atoms with E-state index in [4.69, 9.17) is 14.2 Å². The quantitative estimate of drug-likeness (QED) is 0.765. The molecule has 0 aliphatic rings. The first-order chi connectivity index (χ1) is 10.3. The van der Waals surface area contributed by atoms with Crippen LogP contribution in [0.2, 0.25) is 0 Å². The third kappa shape index (κ3) is 5.29. The van der Waals surface area contributed by atoms with Gasteiger partial charge in [0.05, 0.1) is 26.4 Å². The minimum Gasteiger partial charge on any atom is -0.493 e. The van der Waals surface area contributed by atoms with E-state index in [2.05, 4.69) is 0 Å². The Bertz CT molecular complexity index is 445. The topological polar surface area (TPSA) is 68.2 Å². The van der Waals surface area contributed by atoms with Gasteiger partial charge in [-0.3, -0.25) is 0 Å². The Morgan fingerprint density at radius 1 is 1.00 bits per heavy atom. The van der Waals surface area contributed by atoms with E-state index in [1.54, 1.807) is 26.4 Å². The van der Waals surface area contributed by atoms with Crippen LogP contribution in [0.15, 0.2) is 12.1 Å². The van der Waals surface area contributed by atoms with Crippen molar-refractivity contribution in [1.82, 2.24) is 0 Å². The molecule has 23 heavy (non-hydrogen) atoms. The average Bonchev–Trinajstić information content (AvgIpc) is 2.46. The van der Waals surface area contributed by atoms with Crippen molar-refractivity contribution in [2.75, 3.05) is 20.8 Å². The van der Waals surface area contributed by atoms with Crippen molar-refractivity contribution in [3.8, 4) is 17.2 Å². The van der Waals surface area contributed by atoms with E-state index in [9.17, 15) is 10.2 Å². The maximum atomic E-state index is 10.6. The van der Waals surface area contributed by atoms with Crippen LogP contribution < -0.4 is 14.2 Å². The highest BCUT2D eigenvalue weighted by molar-refractivity contribution is 5.54. The number of methoxy groups -OCH3 is 2. The molecule has 5 heteroatoms. The maximum absolute atomic E-state index is 10.6. The van der Waals surface area contributed by atoms with E-state index in [1.807, 2.05) is 27.7 Å². The zero-order valence-electron chi connectivity index (χ0n) is 14.3. The molecule has 1 aromatic rings. The van der Waals surface area contributed by atoms with Crippen LogP contribution in [0, 0.1) is 11.8 Å². The van der Waals surface area contributed by atoms with Gasteiger partial charge in [0, 0.05) is 12.5 Å². The van der Waals surface area contributed by atoms with Gasteiger partial charge in [0.2, 0.25) is 5.75 Å². The number of hydrogen-bond donors (Lipinski definition) is 2. The molecule has 0 fully saturated rings. The lowest BCUT2D eigenvalue weighted by molar-refractivity contribution is 0.0403. The zero-order valence-corrected chi connectivity index (χ0v) is 14.3. The van der Waals surface area contributed by atoms with Crippen LogP contribution in [0.3, 0.4) is 0 Å². The van der Waals surface area contributed by atoms with Crippen molar-refractivity contribution in [2.24, 2.45) is 11.8 Å². The number of benzene rings is 1. The molecule has 0 saturated heterocycles. The second-order valence-corrected chi connectivity index (χ2v) is 5.96. The van der Waals surface area contributed by atoms with E-state index in [1.165, 1.54) is 0 Å². The van der Waals surface area contributed by atoms with E-state index in [0.717, 1.165) is 0 Å². The highest BCUT2D eigenvalue weighted by Crippen LogP contribution is 2.42. The fraction of sp³-hybridized carbons (Fsp3) is 0.667. The molecule has 0 saturated carbocycles. The molecule has 0 heterocycles. The maximum Gasteiger partial charge on any atom is 0.203 e. The van der Waals surface area contributed by atoms with E-state index in [-0.39, 0.29) is 32.0 Å². The number of aliphatic hydroxyl groups excluding tert-OH is 2. The van der Waals surface area contributed by atoms with Gasteiger partial charge in [-0.1, -0.05) is 21.3 Å². The first-order valence-electron chi connectivity index (χ1n) is 7.57. The summed E-state index contributed by atoms with van der Waals surface area (Å²) in [7, 11) is 3.09. The monoisotopic (exact) mass is 328 g/mol. The highest BCUT2D eigenvalue weighted by Gasteiger charge is 2.26. The molecule has 0 aliphatic heterocycles. The van der Waals surface area contributed by atoms with Gasteiger partial charge >= 0.3 is 0 Å². The van der Waals surface area contributed by atoms with Gasteiger partial charge in [0.25, 0.3) is 0 Å². The SMILES string of the molecule is C.COc1cc(C(O)C(CO)C(C)C)cc(OC)c1OC(C)C. The van der Waals surface area contributed by atoms with Gasteiger partial charge in [-0.25, -0.2) is 0 Å². The lowest BCUT2D eigenvalue weighted by Crippen LogP contribution is -2.22. The number of hydrogen-bond acceptors (Lipinski definition) is 5. The molecule has 0 radical (unpaired) electrons. The minimum absolute atomic E-state index is 0. The van der Waals surface area contributed by atoms with Crippen molar-refractivity contribution >= 4 is 0 Å². The van der Waals surface area contributed by atoms with Gasteiger partial charge in [-0.2, -0.15) is 0 Å². The second-order valence-electron chi connectivity index (χ2n) is 5.96. The van der Waals surface area contributed by atoms with Gasteiger partial charge in [-0.05, 0) is 37.5 Å². The molecule has 5 nitrogen and oxygen atoms in total. The number of aliphatic hydroxyl groups is 2. The smallest absolute Gasteiger partial charge is 0.203 e. The van der Waals surface area contributed by atoms with Crippen molar-refractivity contribution in [3.63, 3.8) is 0 Å². The van der Waals surface area contributed by atoms with Crippen molar-refractivity contribution in [1.29, 1.82) is 0 Å². The van der Waals surface area contributed by atoms with Crippen LogP contribution in [0.4, 0.5) is 0 Å². The summed E-state index contributed by atoms with van der Waals surface area (Å²) in [6.45, 7) is 7.68. The Morgan fingerprint density at radius 2 is 1.48 bits per heavy atom. The fourth-order valence-electron chi connectivity index (χ4n) is 2.35. The van der Waals surface area contributed by atoms with Crippen LogP contribution >= 0.6 is 0 Å². The van der Waals surface area contributed by atoms with Gasteiger partial charge < -0.3 is 24.4 Å². The minimum atomic E-state index is -0.805. The summed E-state index contributed by atoms with van der Waals surface area (Å²) in [6, 6.07) is 3.46. The summed E-state index contributed by atoms with van der Waals surface area (Å²) in [5.41, 5.74) is 0.637. The van der Waals surface area contributed by atoms with Crippen LogP contribution in [-0.2, 0) is 0 Å². The average molecular weight is 328 g/mol. The Hall–Kier alpha value is -1.46. The molecule has 0 bridgehead atoms. The largest absolute Gasteiger partial charge is 0.493 e. The molecule has 2 atom stereocenters. The predicted octanol–water partition coefficient (Wildman–Crippen LogP) is 3.43. The first kappa shape index (κ1) is 21.5. The van der Waals surface area contributed by atoms with Crippen LogP contribution in [-0.4, -0.2) is 37.1 Å². The second kappa shape index (κ2) is 9.63. The van der Waals surface area contributed by atoms with Gasteiger partial charge in [0.1, 0.15) is 0 Å². The summed E-state index contributed by atoms with van der Waals surface area (Å²) < 4.78 is 16.5. The van der Waals surface area contributed by atoms with Crippen molar-refractivity contribution in [3.05, 3.63) is 17.7 Å². The van der Waals surface area contributed by atoms with E-state index in [0.29, 0.717) is 22.8 Å². The summed E-state index contributed by atoms with van der Waals surface area (Å²) in [6.07, 6.45) is -0.833. The normalized spacial score (nSPS) is 13.5. The molecule has 0 amide bonds. The molecular formula is C18H32O5. The Labute approximate surface area is 140 Å². The summed E-state index contributed by atoms with van der Waals surface area (Å²) >= 11 is 0. The molecule has 134 valence electrons. The summed E-state index contributed by atoms with van der Waals surface area (Å²) in [5.74, 6) is 1.40. The number of rotatable bonds is 8. The molecule has 1 aromatic carbocycles. The third-order valence-electron chi connectivity index (χ3n) is 3.65. The van der Waals surface area contributed by atoms with Crippen LogP contribution in [0.1, 0.15) is 46.8 Å². The predicted molar refractivity (Wildman–Crippen MR) is 92.4 cm³/mol. The summed E-state index contributed by atoms with van der Waals surface area (Å²) in [4.78, 5) is 0. The molecular weight excluding hydrogens is 296 g/mol. The molecule has 1 rings (SSSR count). The lowest BCUT2D eigenvalue weighted by atomic mass is 9.87. The van der Waals surface area contributed by atoms with E-state index >= 15 is 0 Å². The molecule has 0 spiro atoms. The van der Waals surface area contributed by atoms with Crippen molar-refractivity contribution in [2.45, 2.75) is 47.3 Å². The lowest BCUT2D eigenvalue weighted by Gasteiger charge is -2.26. The first-order valence-corrected chi connectivity index (χ1v) is 7.57. The summed E-state index contributed by atoms with van der Waals surface area (Å²) in [5, 5.41) is 20.1. The molecule has 2 N–H and O–H groups in total. The fourth-order valence-corrected chi connectivity index (χ4v) is 2.35. The van der Waals surface area contributed by atoms with Gasteiger partial charge in [0.15, 0.2) is 11.5 Å². The highest BCUT2D eigenvalue weighted by atomic mass is 16.5. The molecule has 0 aromatic heterocycles. The van der Waals surface area contributed by atoms with E-state index < -0.39 is 6.10 Å². The Balaban J connectivity index is 0.00000484. The van der Waals surface area contributed by atoms with Crippen molar-refractivity contribution < 1.29 is 24.4 Å². The van der Waals surface area contributed by atoms with Crippen LogP contribution in [0.5, 0.6) is 17.2 Å². The molecule has 0 aliphatic carbocycles. The van der Waals surface area contributed by atoms with Gasteiger partial charge in [-0.15, -0.1) is 0 Å². The Kier molecular flexibility index (Phi) is 9.02.